The van der Waals surface area contributed by atoms with Crippen LogP contribution in [0.15, 0.2) is 10.9 Å². The summed E-state index contributed by atoms with van der Waals surface area (Å²) < 4.78 is 9.68. The predicted octanol–water partition coefficient (Wildman–Crippen LogP) is -1.15. The number of carbonyl (C=O) groups is 1. The molecule has 1 aromatic heterocycles. The summed E-state index contributed by atoms with van der Waals surface area (Å²) in [7, 11) is 0. The van der Waals surface area contributed by atoms with Gasteiger partial charge in [0.15, 0.2) is 5.82 Å². The van der Waals surface area contributed by atoms with Crippen LogP contribution < -0.4 is 11.1 Å². The van der Waals surface area contributed by atoms with Crippen LogP contribution in [0.1, 0.15) is 12.2 Å². The zero-order valence-electron chi connectivity index (χ0n) is 8.81. The molecule has 1 aromatic rings. The third-order valence-corrected chi connectivity index (χ3v) is 2.55. The quantitative estimate of drug-likeness (QED) is 0.671. The van der Waals surface area contributed by atoms with E-state index in [0.29, 0.717) is 31.8 Å². The van der Waals surface area contributed by atoms with Crippen molar-refractivity contribution in [2.75, 3.05) is 19.8 Å². The molecule has 0 bridgehead atoms. The van der Waals surface area contributed by atoms with Gasteiger partial charge in [-0.1, -0.05) is 5.16 Å². The Kier molecular flexibility index (Phi) is 3.16. The highest BCUT2D eigenvalue weighted by molar-refractivity contribution is 5.86. The topological polar surface area (TPSA) is 103 Å². The fourth-order valence-corrected chi connectivity index (χ4v) is 1.53. The van der Waals surface area contributed by atoms with Crippen molar-refractivity contribution in [1.29, 1.82) is 0 Å². The average Bonchev–Trinajstić information content (AvgIpc) is 2.90. The van der Waals surface area contributed by atoms with Crippen molar-refractivity contribution >= 4 is 5.91 Å². The molecule has 88 valence electrons. The summed E-state index contributed by atoms with van der Waals surface area (Å²) in [6, 6.07) is 0. The van der Waals surface area contributed by atoms with Crippen LogP contribution in [0.25, 0.3) is 0 Å². The number of rotatable bonds is 4. The van der Waals surface area contributed by atoms with Crippen molar-refractivity contribution in [3.8, 4) is 0 Å². The van der Waals surface area contributed by atoms with Crippen molar-refractivity contribution in [3.05, 3.63) is 12.2 Å². The Morgan fingerprint density at radius 1 is 1.69 bits per heavy atom. The van der Waals surface area contributed by atoms with Crippen molar-refractivity contribution < 1.29 is 14.1 Å². The first-order valence-electron chi connectivity index (χ1n) is 5.11. The highest BCUT2D eigenvalue weighted by Gasteiger charge is 2.37. The largest absolute Gasteiger partial charge is 0.379 e. The number of nitrogens with one attached hydrogen (secondary N) is 1. The Morgan fingerprint density at radius 3 is 3.19 bits per heavy atom. The number of hydrogen-bond acceptors (Lipinski definition) is 6. The molecule has 3 N–H and O–H groups in total. The van der Waals surface area contributed by atoms with Crippen LogP contribution in [0.2, 0.25) is 0 Å². The lowest BCUT2D eigenvalue weighted by molar-refractivity contribution is -0.126. The zero-order chi connectivity index (χ0) is 11.4. The third-order valence-electron chi connectivity index (χ3n) is 2.55. The second kappa shape index (κ2) is 4.58. The highest BCUT2D eigenvalue weighted by Crippen LogP contribution is 2.15. The first-order chi connectivity index (χ1) is 7.71. The molecule has 1 aliphatic heterocycles. The Balaban J connectivity index is 1.75. The molecule has 1 atom stereocenters. The first-order valence-corrected chi connectivity index (χ1v) is 5.11. The van der Waals surface area contributed by atoms with Crippen LogP contribution in [0.3, 0.4) is 0 Å². The van der Waals surface area contributed by atoms with Crippen LogP contribution in [0.5, 0.6) is 0 Å². The monoisotopic (exact) mass is 226 g/mol. The van der Waals surface area contributed by atoms with Crippen molar-refractivity contribution in [1.82, 2.24) is 15.5 Å². The second-order valence-electron chi connectivity index (χ2n) is 3.81. The second-order valence-corrected chi connectivity index (χ2v) is 3.81. The normalized spacial score (nSPS) is 24.6. The molecule has 7 heteroatoms. The average molecular weight is 226 g/mol. The summed E-state index contributed by atoms with van der Waals surface area (Å²) in [5.74, 6) is 0.377. The van der Waals surface area contributed by atoms with Gasteiger partial charge in [-0.3, -0.25) is 4.79 Å². The van der Waals surface area contributed by atoms with E-state index in [1.807, 2.05) is 0 Å². The van der Waals surface area contributed by atoms with Crippen LogP contribution in [0, 0.1) is 0 Å². The molecule has 2 heterocycles. The summed E-state index contributed by atoms with van der Waals surface area (Å²) >= 11 is 0. The molecule has 7 nitrogen and oxygen atoms in total. The summed E-state index contributed by atoms with van der Waals surface area (Å²) in [4.78, 5) is 15.6. The SMILES string of the molecule is NC1(C(=O)NCCc2ncon2)CCOC1. The number of aromatic nitrogens is 2. The summed E-state index contributed by atoms with van der Waals surface area (Å²) in [5, 5.41) is 6.37. The van der Waals surface area contributed by atoms with E-state index < -0.39 is 5.54 Å². The number of hydrogen-bond donors (Lipinski definition) is 2. The standard InChI is InChI=1S/C9H14N4O3/c10-9(2-4-15-5-9)8(14)11-3-1-7-12-6-16-13-7/h6H,1-5,10H2,(H,11,14). The first kappa shape index (κ1) is 11.0. The van der Waals surface area contributed by atoms with Crippen LogP contribution >= 0.6 is 0 Å². The molecular weight excluding hydrogens is 212 g/mol. The molecule has 0 aliphatic carbocycles. The Labute approximate surface area is 92.3 Å². The fourth-order valence-electron chi connectivity index (χ4n) is 1.53. The predicted molar refractivity (Wildman–Crippen MR) is 53.4 cm³/mol. The summed E-state index contributed by atoms with van der Waals surface area (Å²) in [5.41, 5.74) is 5.00. The van der Waals surface area contributed by atoms with Gasteiger partial charge in [-0.25, -0.2) is 0 Å². The Bertz CT molecular complexity index is 346. The lowest BCUT2D eigenvalue weighted by Crippen LogP contribution is -2.54. The molecule has 1 aliphatic rings. The molecule has 0 aromatic carbocycles. The molecule has 0 radical (unpaired) electrons. The van der Waals surface area contributed by atoms with Gasteiger partial charge in [-0.15, -0.1) is 0 Å². The number of amides is 1. The number of carbonyl (C=O) groups excluding carboxylic acids is 1. The van der Waals surface area contributed by atoms with E-state index in [4.69, 9.17) is 10.5 Å². The van der Waals surface area contributed by atoms with E-state index in [2.05, 4.69) is 20.0 Å². The fraction of sp³-hybridized carbons (Fsp3) is 0.667. The van der Waals surface area contributed by atoms with Crippen molar-refractivity contribution in [2.45, 2.75) is 18.4 Å². The van der Waals surface area contributed by atoms with Crippen molar-refractivity contribution in [3.63, 3.8) is 0 Å². The van der Waals surface area contributed by atoms with E-state index in [-0.39, 0.29) is 12.5 Å². The van der Waals surface area contributed by atoms with E-state index in [1.54, 1.807) is 0 Å². The molecule has 1 amide bonds. The summed E-state index contributed by atoms with van der Waals surface area (Å²) in [6.07, 6.45) is 2.34. The maximum Gasteiger partial charge on any atom is 0.242 e. The Hall–Kier alpha value is -1.47. The van der Waals surface area contributed by atoms with Gasteiger partial charge in [0.2, 0.25) is 12.3 Å². The molecule has 1 saturated heterocycles. The van der Waals surface area contributed by atoms with Gasteiger partial charge in [-0.2, -0.15) is 4.98 Å². The number of nitrogens with two attached hydrogens (primary N) is 1. The van der Waals surface area contributed by atoms with Gasteiger partial charge in [0.1, 0.15) is 5.54 Å². The maximum atomic E-state index is 11.7. The minimum absolute atomic E-state index is 0.187. The molecular formula is C9H14N4O3. The van der Waals surface area contributed by atoms with E-state index in [1.165, 1.54) is 6.39 Å². The van der Waals surface area contributed by atoms with Gasteiger partial charge >= 0.3 is 0 Å². The molecule has 1 unspecified atom stereocenters. The molecule has 2 rings (SSSR count). The lowest BCUT2D eigenvalue weighted by Gasteiger charge is -2.20. The van der Waals surface area contributed by atoms with Crippen LogP contribution in [-0.4, -0.2) is 41.3 Å². The smallest absolute Gasteiger partial charge is 0.242 e. The van der Waals surface area contributed by atoms with Gasteiger partial charge in [-0.05, 0) is 6.42 Å². The zero-order valence-corrected chi connectivity index (χ0v) is 8.81. The van der Waals surface area contributed by atoms with E-state index in [9.17, 15) is 4.79 Å². The van der Waals surface area contributed by atoms with E-state index in [0.717, 1.165) is 0 Å². The minimum Gasteiger partial charge on any atom is -0.379 e. The molecule has 0 saturated carbocycles. The van der Waals surface area contributed by atoms with Gasteiger partial charge < -0.3 is 20.3 Å². The van der Waals surface area contributed by atoms with Gasteiger partial charge in [0, 0.05) is 19.6 Å². The molecule has 0 spiro atoms. The number of nitrogens with zero attached hydrogens (tertiary/aromatic N) is 2. The summed E-state index contributed by atoms with van der Waals surface area (Å²) in [6.45, 7) is 1.26. The van der Waals surface area contributed by atoms with Gasteiger partial charge in [0.25, 0.3) is 0 Å². The highest BCUT2D eigenvalue weighted by atomic mass is 16.5. The van der Waals surface area contributed by atoms with E-state index >= 15 is 0 Å². The minimum atomic E-state index is -0.878. The maximum absolute atomic E-state index is 11.7. The Morgan fingerprint density at radius 2 is 2.56 bits per heavy atom. The number of ether oxygens (including phenoxy) is 1. The van der Waals surface area contributed by atoms with Crippen molar-refractivity contribution in [2.24, 2.45) is 5.73 Å². The lowest BCUT2D eigenvalue weighted by atomic mass is 9.99. The van der Waals surface area contributed by atoms with Crippen LogP contribution in [-0.2, 0) is 16.0 Å². The van der Waals surface area contributed by atoms with Gasteiger partial charge in [0.05, 0.1) is 6.61 Å². The van der Waals surface area contributed by atoms with Crippen LogP contribution in [0.4, 0.5) is 0 Å². The third kappa shape index (κ3) is 2.37. The molecule has 16 heavy (non-hydrogen) atoms. The molecule has 1 fully saturated rings.